The maximum Gasteiger partial charge on any atom is 0.160 e. The van der Waals surface area contributed by atoms with Gasteiger partial charge in [-0.15, -0.1) is 0 Å². The summed E-state index contributed by atoms with van der Waals surface area (Å²) in [6.45, 7) is 2.16. The number of benzene rings is 6. The van der Waals surface area contributed by atoms with Crippen LogP contribution in [0.4, 0.5) is 0 Å². The quantitative estimate of drug-likeness (QED) is 0.196. The first kappa shape index (κ1) is 27.6. The summed E-state index contributed by atoms with van der Waals surface area (Å²) in [5.74, 6) is 0.715. The van der Waals surface area contributed by atoms with E-state index >= 15 is 0 Å². The van der Waals surface area contributed by atoms with Crippen LogP contribution in [0.25, 0.3) is 73.5 Å². The van der Waals surface area contributed by atoms with Gasteiger partial charge in [0.15, 0.2) is 5.82 Å². The number of fused-ring (bicyclic) bond motifs is 5. The van der Waals surface area contributed by atoms with Crippen LogP contribution in [0.5, 0.6) is 0 Å². The lowest BCUT2D eigenvalue weighted by molar-refractivity contribution is 1.16. The van der Waals surface area contributed by atoms with Crippen LogP contribution in [-0.2, 0) is 0 Å². The van der Waals surface area contributed by atoms with Crippen LogP contribution in [0.2, 0.25) is 0 Å². The highest BCUT2D eigenvalue weighted by molar-refractivity contribution is 7.99. The summed E-state index contributed by atoms with van der Waals surface area (Å²) < 4.78 is 2.40. The topological polar surface area (TPSA) is 30.7 Å². The van der Waals surface area contributed by atoms with E-state index < -0.39 is 0 Å². The van der Waals surface area contributed by atoms with Gasteiger partial charge in [-0.2, -0.15) is 0 Å². The van der Waals surface area contributed by atoms with Gasteiger partial charge >= 0.3 is 0 Å². The molecule has 8 aromatic rings. The highest BCUT2D eigenvalue weighted by atomic mass is 32.2. The number of rotatable bonds is 4. The van der Waals surface area contributed by atoms with Crippen molar-refractivity contribution in [1.29, 1.82) is 0 Å². The monoisotopic (exact) mass is 619 g/mol. The van der Waals surface area contributed by atoms with Gasteiger partial charge in [0.1, 0.15) is 0 Å². The van der Waals surface area contributed by atoms with Crippen molar-refractivity contribution < 1.29 is 0 Å². The van der Waals surface area contributed by atoms with E-state index in [0.29, 0.717) is 5.82 Å². The van der Waals surface area contributed by atoms with E-state index in [9.17, 15) is 0 Å². The van der Waals surface area contributed by atoms with Crippen molar-refractivity contribution in [1.82, 2.24) is 14.5 Å². The molecule has 9 rings (SSSR count). The summed E-state index contributed by atoms with van der Waals surface area (Å²) in [6.07, 6.45) is 4.51. The Labute approximate surface area is 277 Å². The molecule has 1 aliphatic rings. The van der Waals surface area contributed by atoms with Gasteiger partial charge in [-0.1, -0.05) is 127 Å². The van der Waals surface area contributed by atoms with Crippen LogP contribution in [0.15, 0.2) is 155 Å². The maximum atomic E-state index is 5.11. The van der Waals surface area contributed by atoms with E-state index in [1.54, 1.807) is 0 Å². The Morgan fingerprint density at radius 3 is 2.00 bits per heavy atom. The highest BCUT2D eigenvalue weighted by Gasteiger charge is 2.18. The zero-order valence-electron chi connectivity index (χ0n) is 25.8. The Morgan fingerprint density at radius 2 is 1.17 bits per heavy atom. The Kier molecular flexibility index (Phi) is 6.61. The second-order valence-electron chi connectivity index (χ2n) is 12.0. The van der Waals surface area contributed by atoms with Crippen molar-refractivity contribution in [3.8, 4) is 39.6 Å². The van der Waals surface area contributed by atoms with Gasteiger partial charge < -0.3 is 4.57 Å². The fourth-order valence-corrected chi connectivity index (χ4v) is 7.70. The Morgan fingerprint density at radius 1 is 0.489 bits per heavy atom. The standard InChI is InChI=1S/C43H29N3S/c1-28-19-20-30-21-22-33-25-36-35-17-8-9-18-39(35)46(40(36)27-42(33)47-41(30)23-28)34-16-10-15-32(24-34)38-26-37(29-11-4-2-5-12-29)44-43(45-38)31-13-6-3-7-14-31/h2-27H,1H3. The SMILES string of the molecule is Cc1ccc2c(c1)Sc1cc3c(cc1C=C2)c1ccccc1n3-c1cccc(-c2cc(-c3ccccc3)nc(-c3ccccc3)n2)c1. The summed E-state index contributed by atoms with van der Waals surface area (Å²) >= 11 is 1.85. The molecule has 0 N–H and O–H groups in total. The highest BCUT2D eigenvalue weighted by Crippen LogP contribution is 2.42. The third kappa shape index (κ3) is 4.95. The van der Waals surface area contributed by atoms with Gasteiger partial charge in [0.25, 0.3) is 0 Å². The molecular weight excluding hydrogens is 591 g/mol. The molecule has 0 unspecified atom stereocenters. The molecule has 0 atom stereocenters. The van der Waals surface area contributed by atoms with E-state index in [2.05, 4.69) is 145 Å². The van der Waals surface area contributed by atoms with Crippen LogP contribution in [-0.4, -0.2) is 14.5 Å². The second-order valence-corrected chi connectivity index (χ2v) is 13.1. The van der Waals surface area contributed by atoms with Gasteiger partial charge in [0, 0.05) is 42.9 Å². The zero-order chi connectivity index (χ0) is 31.3. The molecule has 0 amide bonds. The molecule has 0 aliphatic carbocycles. The number of aryl methyl sites for hydroxylation is 1. The smallest absolute Gasteiger partial charge is 0.160 e. The number of nitrogens with zero attached hydrogens (tertiary/aromatic N) is 3. The summed E-state index contributed by atoms with van der Waals surface area (Å²) in [4.78, 5) is 12.7. The van der Waals surface area contributed by atoms with Crippen LogP contribution in [0, 0.1) is 6.92 Å². The molecule has 47 heavy (non-hydrogen) atoms. The van der Waals surface area contributed by atoms with Gasteiger partial charge in [-0.05, 0) is 66.1 Å². The van der Waals surface area contributed by atoms with Gasteiger partial charge in [-0.3, -0.25) is 0 Å². The predicted octanol–water partition coefficient (Wildman–Crippen LogP) is 11.5. The molecule has 0 radical (unpaired) electrons. The molecule has 3 heterocycles. The fourth-order valence-electron chi connectivity index (χ4n) is 6.55. The molecular formula is C43H29N3S. The first-order valence-corrected chi connectivity index (χ1v) is 16.6. The average Bonchev–Trinajstić information content (AvgIpc) is 3.33. The fraction of sp³-hybridized carbons (Fsp3) is 0.0233. The van der Waals surface area contributed by atoms with Crippen molar-refractivity contribution >= 4 is 45.7 Å². The maximum absolute atomic E-state index is 5.11. The number of hydrogen-bond acceptors (Lipinski definition) is 3. The first-order chi connectivity index (χ1) is 23.2. The number of aromatic nitrogens is 3. The van der Waals surface area contributed by atoms with Gasteiger partial charge in [0.2, 0.25) is 0 Å². The molecule has 3 nitrogen and oxygen atoms in total. The van der Waals surface area contributed by atoms with Crippen LogP contribution in [0.3, 0.4) is 0 Å². The van der Waals surface area contributed by atoms with E-state index in [0.717, 1.165) is 33.8 Å². The molecule has 0 saturated carbocycles. The summed E-state index contributed by atoms with van der Waals surface area (Å²) in [7, 11) is 0. The Balaban J connectivity index is 1.23. The third-order valence-corrected chi connectivity index (χ3v) is 10.0. The molecule has 6 aromatic carbocycles. The minimum absolute atomic E-state index is 0.715. The van der Waals surface area contributed by atoms with Gasteiger partial charge in [0.05, 0.1) is 22.4 Å². The van der Waals surface area contributed by atoms with Crippen LogP contribution in [0.1, 0.15) is 16.7 Å². The Hall–Kier alpha value is -5.71. The van der Waals surface area contributed by atoms with Crippen LogP contribution >= 0.6 is 11.8 Å². The van der Waals surface area contributed by atoms with Crippen LogP contribution < -0.4 is 0 Å². The second kappa shape index (κ2) is 11.3. The lowest BCUT2D eigenvalue weighted by atomic mass is 10.1. The summed E-state index contributed by atoms with van der Waals surface area (Å²) in [5.41, 5.74) is 12.1. The number of para-hydroxylation sites is 1. The lowest BCUT2D eigenvalue weighted by Crippen LogP contribution is -1.98. The lowest BCUT2D eigenvalue weighted by Gasteiger charge is -2.13. The van der Waals surface area contributed by atoms with Crippen molar-refractivity contribution in [3.63, 3.8) is 0 Å². The third-order valence-electron chi connectivity index (χ3n) is 8.86. The number of hydrogen-bond donors (Lipinski definition) is 0. The van der Waals surface area contributed by atoms with Crippen molar-refractivity contribution in [2.24, 2.45) is 0 Å². The van der Waals surface area contributed by atoms with E-state index in [1.165, 1.54) is 48.3 Å². The molecule has 0 fully saturated rings. The molecule has 4 heteroatoms. The minimum Gasteiger partial charge on any atom is -0.309 e. The molecule has 2 aromatic heterocycles. The molecule has 222 valence electrons. The van der Waals surface area contributed by atoms with Crippen molar-refractivity contribution in [2.45, 2.75) is 16.7 Å². The van der Waals surface area contributed by atoms with E-state index in [-0.39, 0.29) is 0 Å². The summed E-state index contributed by atoms with van der Waals surface area (Å²) in [6, 6.07) is 51.6. The first-order valence-electron chi connectivity index (χ1n) is 15.8. The van der Waals surface area contributed by atoms with Crippen molar-refractivity contribution in [2.75, 3.05) is 0 Å². The average molecular weight is 620 g/mol. The molecule has 0 bridgehead atoms. The molecule has 0 saturated heterocycles. The Bertz CT molecular complexity index is 2440. The predicted molar refractivity (Wildman–Crippen MR) is 197 cm³/mol. The molecule has 1 aliphatic heterocycles. The normalized spacial score (nSPS) is 12.2. The largest absolute Gasteiger partial charge is 0.309 e. The molecule has 0 spiro atoms. The summed E-state index contributed by atoms with van der Waals surface area (Å²) in [5, 5.41) is 2.49. The van der Waals surface area contributed by atoms with Gasteiger partial charge in [-0.25, -0.2) is 9.97 Å². The van der Waals surface area contributed by atoms with E-state index in [4.69, 9.17) is 9.97 Å². The van der Waals surface area contributed by atoms with Crippen molar-refractivity contribution in [3.05, 3.63) is 162 Å². The zero-order valence-corrected chi connectivity index (χ0v) is 26.6. The minimum atomic E-state index is 0.715. The van der Waals surface area contributed by atoms with E-state index in [1.807, 2.05) is 36.0 Å².